The molecule has 0 bridgehead atoms. The second kappa shape index (κ2) is 8.73. The molecule has 0 spiro atoms. The molecule has 0 fully saturated rings. The second-order valence-electron chi connectivity index (χ2n) is 4.99. The van der Waals surface area contributed by atoms with E-state index in [4.69, 9.17) is 4.74 Å². The first-order valence-electron chi connectivity index (χ1n) is 7.83. The molecule has 2 rings (SSSR count). The summed E-state index contributed by atoms with van der Waals surface area (Å²) in [4.78, 5) is 20.0. The Labute approximate surface area is 136 Å². The van der Waals surface area contributed by atoms with E-state index >= 15 is 0 Å². The Balaban J connectivity index is 1.98. The summed E-state index contributed by atoms with van der Waals surface area (Å²) in [5.41, 5.74) is 1.37. The molecule has 1 aromatic carbocycles. The Morgan fingerprint density at radius 1 is 1.13 bits per heavy atom. The average Bonchev–Trinajstić information content (AvgIpc) is 2.56. The van der Waals surface area contributed by atoms with Crippen LogP contribution in [0.4, 0.5) is 17.3 Å². The van der Waals surface area contributed by atoms with E-state index in [2.05, 4.69) is 27.5 Å². The molecule has 2 aromatic rings. The third kappa shape index (κ3) is 5.25. The number of hydrogen-bond acceptors (Lipinski definition) is 6. The van der Waals surface area contributed by atoms with Crippen molar-refractivity contribution in [1.29, 1.82) is 0 Å². The van der Waals surface area contributed by atoms with E-state index in [1.165, 1.54) is 6.33 Å². The van der Waals surface area contributed by atoms with Gasteiger partial charge in [-0.25, -0.2) is 14.8 Å². The lowest BCUT2D eigenvalue weighted by Crippen LogP contribution is -2.05. The van der Waals surface area contributed by atoms with Gasteiger partial charge in [0.05, 0.1) is 12.2 Å². The highest BCUT2D eigenvalue weighted by atomic mass is 16.5. The highest BCUT2D eigenvalue weighted by molar-refractivity contribution is 5.89. The predicted octanol–water partition coefficient (Wildman–Crippen LogP) is 3.61. The maximum atomic E-state index is 11.6. The van der Waals surface area contributed by atoms with Gasteiger partial charge >= 0.3 is 5.97 Å². The number of carbonyl (C=O) groups excluding carboxylic acids is 1. The molecule has 0 saturated carbocycles. The predicted molar refractivity (Wildman–Crippen MR) is 91.1 cm³/mol. The Hall–Kier alpha value is -2.63. The standard InChI is InChI=1S/C17H22N4O2/c1-3-5-10-18-15-11-16(20-12-19-15)21-14-8-6-13(7-9-14)17(22)23-4-2/h6-9,11-12H,3-5,10H2,1-2H3,(H2,18,19,20,21). The maximum absolute atomic E-state index is 11.6. The molecule has 0 amide bonds. The van der Waals surface area contributed by atoms with E-state index in [0.29, 0.717) is 18.0 Å². The van der Waals surface area contributed by atoms with Gasteiger partial charge in [0.2, 0.25) is 0 Å². The molecule has 0 atom stereocenters. The van der Waals surface area contributed by atoms with Crippen LogP contribution in [-0.2, 0) is 4.74 Å². The number of benzene rings is 1. The monoisotopic (exact) mass is 314 g/mol. The van der Waals surface area contributed by atoms with Crippen molar-refractivity contribution in [2.45, 2.75) is 26.7 Å². The maximum Gasteiger partial charge on any atom is 0.338 e. The van der Waals surface area contributed by atoms with Crippen LogP contribution in [0.3, 0.4) is 0 Å². The minimum absolute atomic E-state index is 0.316. The van der Waals surface area contributed by atoms with Gasteiger partial charge in [0.25, 0.3) is 0 Å². The fourth-order valence-corrected chi connectivity index (χ4v) is 1.97. The molecule has 23 heavy (non-hydrogen) atoms. The van der Waals surface area contributed by atoms with Crippen LogP contribution in [-0.4, -0.2) is 29.1 Å². The summed E-state index contributed by atoms with van der Waals surface area (Å²) in [6.07, 6.45) is 3.75. The normalized spacial score (nSPS) is 10.2. The summed E-state index contributed by atoms with van der Waals surface area (Å²) >= 11 is 0. The molecule has 0 saturated heterocycles. The molecule has 0 unspecified atom stereocenters. The van der Waals surface area contributed by atoms with Crippen molar-refractivity contribution in [1.82, 2.24) is 9.97 Å². The fraction of sp³-hybridized carbons (Fsp3) is 0.353. The third-order valence-electron chi connectivity index (χ3n) is 3.17. The molecule has 0 aliphatic rings. The fourth-order valence-electron chi connectivity index (χ4n) is 1.97. The van der Waals surface area contributed by atoms with E-state index in [0.717, 1.165) is 30.9 Å². The summed E-state index contributed by atoms with van der Waals surface area (Å²) in [5.74, 6) is 1.17. The molecular formula is C17H22N4O2. The van der Waals surface area contributed by atoms with Gasteiger partial charge in [-0.05, 0) is 37.6 Å². The number of nitrogens with one attached hydrogen (secondary N) is 2. The molecule has 122 valence electrons. The number of aromatic nitrogens is 2. The van der Waals surface area contributed by atoms with Crippen molar-refractivity contribution >= 4 is 23.3 Å². The number of esters is 1. The number of anilines is 3. The number of rotatable bonds is 8. The zero-order valence-corrected chi connectivity index (χ0v) is 13.5. The molecule has 2 N–H and O–H groups in total. The summed E-state index contributed by atoms with van der Waals surface area (Å²) in [7, 11) is 0. The minimum Gasteiger partial charge on any atom is -0.462 e. The quantitative estimate of drug-likeness (QED) is 0.572. The van der Waals surface area contributed by atoms with Crippen LogP contribution in [0, 0.1) is 0 Å². The SMILES string of the molecule is CCCCNc1cc(Nc2ccc(C(=O)OCC)cc2)ncn1. The molecule has 0 aliphatic carbocycles. The minimum atomic E-state index is -0.316. The van der Waals surface area contributed by atoms with Crippen molar-refractivity contribution in [3.63, 3.8) is 0 Å². The van der Waals surface area contributed by atoms with E-state index in [1.807, 2.05) is 18.2 Å². The van der Waals surface area contributed by atoms with Gasteiger partial charge in [-0.1, -0.05) is 13.3 Å². The molecule has 6 nitrogen and oxygen atoms in total. The third-order valence-corrected chi connectivity index (χ3v) is 3.17. The van der Waals surface area contributed by atoms with Gasteiger partial charge < -0.3 is 15.4 Å². The first-order valence-corrected chi connectivity index (χ1v) is 7.83. The smallest absolute Gasteiger partial charge is 0.338 e. The topological polar surface area (TPSA) is 76.1 Å². The van der Waals surface area contributed by atoms with Crippen LogP contribution in [0.5, 0.6) is 0 Å². The number of carbonyl (C=O) groups is 1. The van der Waals surface area contributed by atoms with Crippen LogP contribution in [0.25, 0.3) is 0 Å². The summed E-state index contributed by atoms with van der Waals surface area (Å²) in [6.45, 7) is 5.19. The largest absolute Gasteiger partial charge is 0.462 e. The average molecular weight is 314 g/mol. The highest BCUT2D eigenvalue weighted by Gasteiger charge is 2.06. The highest BCUT2D eigenvalue weighted by Crippen LogP contribution is 2.17. The molecule has 0 radical (unpaired) electrons. The molecule has 0 aliphatic heterocycles. The van der Waals surface area contributed by atoms with Gasteiger partial charge in [0.1, 0.15) is 18.0 Å². The van der Waals surface area contributed by atoms with Gasteiger partial charge in [0, 0.05) is 18.3 Å². The summed E-state index contributed by atoms with van der Waals surface area (Å²) < 4.78 is 4.96. The van der Waals surface area contributed by atoms with Crippen molar-refractivity contribution in [2.75, 3.05) is 23.8 Å². The lowest BCUT2D eigenvalue weighted by atomic mass is 10.2. The molecule has 6 heteroatoms. The van der Waals surface area contributed by atoms with Gasteiger partial charge in [-0.2, -0.15) is 0 Å². The van der Waals surface area contributed by atoms with Crippen LogP contribution >= 0.6 is 0 Å². The number of ether oxygens (including phenoxy) is 1. The van der Waals surface area contributed by atoms with Gasteiger partial charge in [-0.3, -0.25) is 0 Å². The van der Waals surface area contributed by atoms with Crippen molar-refractivity contribution in [3.8, 4) is 0 Å². The molecular weight excluding hydrogens is 292 g/mol. The number of nitrogens with zero attached hydrogens (tertiary/aromatic N) is 2. The van der Waals surface area contributed by atoms with Gasteiger partial charge in [-0.15, -0.1) is 0 Å². The lowest BCUT2D eigenvalue weighted by Gasteiger charge is -2.09. The van der Waals surface area contributed by atoms with E-state index in [-0.39, 0.29) is 5.97 Å². The van der Waals surface area contributed by atoms with E-state index < -0.39 is 0 Å². The Bertz CT molecular complexity index is 629. The number of unbranched alkanes of at least 4 members (excludes halogenated alkanes) is 1. The van der Waals surface area contributed by atoms with Crippen molar-refractivity contribution in [2.24, 2.45) is 0 Å². The molecule has 1 aromatic heterocycles. The van der Waals surface area contributed by atoms with Crippen LogP contribution in [0.1, 0.15) is 37.0 Å². The van der Waals surface area contributed by atoms with Crippen molar-refractivity contribution < 1.29 is 9.53 Å². The second-order valence-corrected chi connectivity index (χ2v) is 4.99. The van der Waals surface area contributed by atoms with E-state index in [9.17, 15) is 4.79 Å². The zero-order chi connectivity index (χ0) is 16.5. The first kappa shape index (κ1) is 16.7. The lowest BCUT2D eigenvalue weighted by molar-refractivity contribution is 0.0526. The van der Waals surface area contributed by atoms with E-state index in [1.54, 1.807) is 19.1 Å². The van der Waals surface area contributed by atoms with Gasteiger partial charge in [0.15, 0.2) is 0 Å². The Morgan fingerprint density at radius 3 is 2.57 bits per heavy atom. The first-order chi connectivity index (χ1) is 11.2. The summed E-state index contributed by atoms with van der Waals surface area (Å²) in [5, 5.41) is 6.45. The Morgan fingerprint density at radius 2 is 1.87 bits per heavy atom. The number of hydrogen-bond donors (Lipinski definition) is 2. The summed E-state index contributed by atoms with van der Waals surface area (Å²) in [6, 6.07) is 8.94. The van der Waals surface area contributed by atoms with Crippen LogP contribution in [0.15, 0.2) is 36.7 Å². The molecule has 1 heterocycles. The van der Waals surface area contributed by atoms with Crippen LogP contribution < -0.4 is 10.6 Å². The Kier molecular flexibility index (Phi) is 6.35. The van der Waals surface area contributed by atoms with Crippen LogP contribution in [0.2, 0.25) is 0 Å². The van der Waals surface area contributed by atoms with Crippen molar-refractivity contribution in [3.05, 3.63) is 42.2 Å². The zero-order valence-electron chi connectivity index (χ0n) is 13.5.